The Morgan fingerprint density at radius 3 is 2.38 bits per heavy atom. The first-order valence-electron chi connectivity index (χ1n) is 10.6. The lowest BCUT2D eigenvalue weighted by atomic mass is 9.95. The van der Waals surface area contributed by atoms with Crippen molar-refractivity contribution in [2.24, 2.45) is 11.7 Å². The van der Waals surface area contributed by atoms with Gasteiger partial charge in [-0.15, -0.1) is 0 Å². The lowest BCUT2D eigenvalue weighted by Gasteiger charge is -2.39. The third-order valence-electron chi connectivity index (χ3n) is 5.88. The number of nitrogens with one attached hydrogen (secondary N) is 2. The molecule has 0 bridgehead atoms. The minimum Gasteiger partial charge on any atom is -0.444 e. The topological polar surface area (TPSA) is 132 Å². The molecule has 11 heteroatoms. The number of nitrogens with two attached hydrogens (primary N) is 1. The summed E-state index contributed by atoms with van der Waals surface area (Å²) in [7, 11) is 0. The first-order chi connectivity index (χ1) is 15.3. The molecule has 10 nitrogen and oxygen atoms in total. The number of alkyl carbamates (subject to hydrolysis) is 1. The van der Waals surface area contributed by atoms with Gasteiger partial charge < -0.3 is 25.2 Å². The number of guanidine groups is 1. The predicted molar refractivity (Wildman–Crippen MR) is 115 cm³/mol. The number of amides is 3. The standard InChI is InChI=1S/C21H29FN6O4/c1-14(29)26-7-5-15(6-8-26)19(30)28-11-9-27(10-12-28)17-4-2-3-16(18(17)22)13-32-21(31)25-20(23)24/h2-4,15H,5-13H2,1H3,(H4,23,24,25,31). The van der Waals surface area contributed by atoms with Gasteiger partial charge in [-0.25, -0.2) is 9.18 Å². The Kier molecular flexibility index (Phi) is 7.49. The second-order valence-electron chi connectivity index (χ2n) is 7.96. The van der Waals surface area contributed by atoms with Crippen LogP contribution in [0.5, 0.6) is 0 Å². The normalized spacial score (nSPS) is 17.1. The van der Waals surface area contributed by atoms with Crippen LogP contribution in [0.15, 0.2) is 18.2 Å². The lowest BCUT2D eigenvalue weighted by Crippen LogP contribution is -2.52. The number of carbonyl (C=O) groups excluding carboxylic acids is 3. The summed E-state index contributed by atoms with van der Waals surface area (Å²) in [4.78, 5) is 41.3. The van der Waals surface area contributed by atoms with Crippen molar-refractivity contribution in [3.05, 3.63) is 29.6 Å². The molecule has 0 unspecified atom stereocenters. The van der Waals surface area contributed by atoms with Crippen LogP contribution in [0.2, 0.25) is 0 Å². The number of benzene rings is 1. The van der Waals surface area contributed by atoms with E-state index >= 15 is 0 Å². The monoisotopic (exact) mass is 448 g/mol. The first kappa shape index (κ1) is 23.3. The van der Waals surface area contributed by atoms with Gasteiger partial charge in [-0.1, -0.05) is 12.1 Å². The van der Waals surface area contributed by atoms with Crippen LogP contribution in [0.1, 0.15) is 25.3 Å². The fourth-order valence-corrected chi connectivity index (χ4v) is 4.08. The second-order valence-corrected chi connectivity index (χ2v) is 7.96. The van der Waals surface area contributed by atoms with Crippen molar-refractivity contribution in [1.82, 2.24) is 15.1 Å². The molecular weight excluding hydrogens is 419 g/mol. The molecule has 4 N–H and O–H groups in total. The molecule has 2 saturated heterocycles. The Hall–Kier alpha value is -3.37. The van der Waals surface area contributed by atoms with E-state index in [4.69, 9.17) is 15.9 Å². The summed E-state index contributed by atoms with van der Waals surface area (Å²) >= 11 is 0. The molecule has 2 fully saturated rings. The van der Waals surface area contributed by atoms with Crippen molar-refractivity contribution < 1.29 is 23.5 Å². The van der Waals surface area contributed by atoms with E-state index in [-0.39, 0.29) is 29.9 Å². The van der Waals surface area contributed by atoms with E-state index in [1.54, 1.807) is 24.0 Å². The lowest BCUT2D eigenvalue weighted by molar-refractivity contribution is -0.140. The van der Waals surface area contributed by atoms with Gasteiger partial charge in [0.1, 0.15) is 6.61 Å². The van der Waals surface area contributed by atoms with Gasteiger partial charge in [0.25, 0.3) is 0 Å². The van der Waals surface area contributed by atoms with Gasteiger partial charge in [0.05, 0.1) is 5.69 Å². The Labute approximate surface area is 186 Å². The highest BCUT2D eigenvalue weighted by atomic mass is 19.1. The predicted octanol–water partition coefficient (Wildman–Crippen LogP) is 0.852. The largest absolute Gasteiger partial charge is 0.444 e. The molecule has 1 aromatic rings. The fraction of sp³-hybridized carbons (Fsp3) is 0.524. The van der Waals surface area contributed by atoms with Crippen LogP contribution in [0, 0.1) is 17.1 Å². The van der Waals surface area contributed by atoms with Crippen molar-refractivity contribution >= 4 is 29.6 Å². The Morgan fingerprint density at radius 1 is 1.12 bits per heavy atom. The summed E-state index contributed by atoms with van der Waals surface area (Å²) < 4.78 is 19.9. The minimum atomic E-state index is -0.927. The molecule has 0 aromatic heterocycles. The summed E-state index contributed by atoms with van der Waals surface area (Å²) in [6.45, 7) is 4.43. The van der Waals surface area contributed by atoms with Gasteiger partial charge in [-0.3, -0.25) is 20.3 Å². The van der Waals surface area contributed by atoms with Crippen LogP contribution in [0.4, 0.5) is 14.9 Å². The first-order valence-corrected chi connectivity index (χ1v) is 10.6. The van der Waals surface area contributed by atoms with Crippen LogP contribution >= 0.6 is 0 Å². The van der Waals surface area contributed by atoms with Crippen molar-refractivity contribution in [3.8, 4) is 0 Å². The smallest absolute Gasteiger partial charge is 0.414 e. The van der Waals surface area contributed by atoms with Crippen molar-refractivity contribution in [3.63, 3.8) is 0 Å². The van der Waals surface area contributed by atoms with Crippen molar-refractivity contribution in [1.29, 1.82) is 5.41 Å². The summed E-state index contributed by atoms with van der Waals surface area (Å²) in [5.41, 5.74) is 5.65. The molecular formula is C21H29FN6O4. The summed E-state index contributed by atoms with van der Waals surface area (Å²) in [5, 5.41) is 8.97. The zero-order chi connectivity index (χ0) is 23.3. The van der Waals surface area contributed by atoms with Crippen LogP contribution in [0.25, 0.3) is 0 Å². The zero-order valence-corrected chi connectivity index (χ0v) is 18.1. The molecule has 174 valence electrons. The molecule has 1 aromatic carbocycles. The van der Waals surface area contributed by atoms with Gasteiger partial charge in [0.15, 0.2) is 11.8 Å². The number of hydrogen-bond donors (Lipinski definition) is 3. The number of ether oxygens (including phenoxy) is 1. The number of hydrogen-bond acceptors (Lipinski definition) is 6. The number of piperidine rings is 1. The highest BCUT2D eigenvalue weighted by Gasteiger charge is 2.31. The summed E-state index contributed by atoms with van der Waals surface area (Å²) in [6, 6.07) is 4.86. The van der Waals surface area contributed by atoms with Gasteiger partial charge >= 0.3 is 6.09 Å². The molecule has 2 aliphatic rings. The molecule has 0 saturated carbocycles. The number of halogens is 1. The van der Waals surface area contributed by atoms with Crippen LogP contribution in [0.3, 0.4) is 0 Å². The second kappa shape index (κ2) is 10.3. The van der Waals surface area contributed by atoms with Gasteiger partial charge in [0, 0.05) is 57.7 Å². The molecule has 0 aliphatic carbocycles. The van der Waals surface area contributed by atoms with E-state index < -0.39 is 17.9 Å². The van der Waals surface area contributed by atoms with E-state index in [1.807, 2.05) is 15.1 Å². The molecule has 0 atom stereocenters. The molecule has 0 radical (unpaired) electrons. The Bertz CT molecular complexity index is 879. The Morgan fingerprint density at radius 2 is 1.78 bits per heavy atom. The third kappa shape index (κ3) is 5.65. The summed E-state index contributed by atoms with van der Waals surface area (Å²) in [6.07, 6.45) is 0.419. The number of carbonyl (C=O) groups is 3. The molecule has 0 spiro atoms. The molecule has 2 aliphatic heterocycles. The fourth-order valence-electron chi connectivity index (χ4n) is 4.08. The highest BCUT2D eigenvalue weighted by Crippen LogP contribution is 2.26. The SMILES string of the molecule is CC(=O)N1CCC(C(=O)N2CCN(c3cccc(COC(=O)NC(=N)N)c3F)CC2)CC1. The molecule has 2 heterocycles. The van der Waals surface area contributed by atoms with E-state index in [0.29, 0.717) is 57.8 Å². The number of nitrogens with zero attached hydrogens (tertiary/aromatic N) is 3. The maximum atomic E-state index is 15.0. The number of likely N-dealkylation sites (tertiary alicyclic amines) is 1. The van der Waals surface area contributed by atoms with Crippen LogP contribution in [-0.4, -0.2) is 72.9 Å². The van der Waals surface area contributed by atoms with E-state index in [1.165, 1.54) is 6.07 Å². The van der Waals surface area contributed by atoms with Crippen LogP contribution in [-0.2, 0) is 20.9 Å². The number of piperazine rings is 1. The average Bonchev–Trinajstić information content (AvgIpc) is 2.77. The van der Waals surface area contributed by atoms with Gasteiger partial charge in [0.2, 0.25) is 11.8 Å². The van der Waals surface area contributed by atoms with E-state index in [0.717, 1.165) is 0 Å². The zero-order valence-electron chi connectivity index (χ0n) is 18.1. The van der Waals surface area contributed by atoms with Crippen LogP contribution < -0.4 is 16.0 Å². The van der Waals surface area contributed by atoms with Gasteiger partial charge in [-0.05, 0) is 18.9 Å². The molecule has 3 rings (SSSR count). The minimum absolute atomic E-state index is 0.0404. The maximum absolute atomic E-state index is 15.0. The number of rotatable bonds is 4. The van der Waals surface area contributed by atoms with Crippen molar-refractivity contribution in [2.45, 2.75) is 26.4 Å². The third-order valence-corrected chi connectivity index (χ3v) is 5.88. The van der Waals surface area contributed by atoms with E-state index in [2.05, 4.69) is 0 Å². The number of anilines is 1. The molecule has 3 amide bonds. The Balaban J connectivity index is 1.53. The summed E-state index contributed by atoms with van der Waals surface area (Å²) in [5.74, 6) is -0.971. The average molecular weight is 448 g/mol. The molecule has 32 heavy (non-hydrogen) atoms. The highest BCUT2D eigenvalue weighted by molar-refractivity contribution is 5.90. The van der Waals surface area contributed by atoms with E-state index in [9.17, 15) is 18.8 Å². The van der Waals surface area contributed by atoms with Gasteiger partial charge in [-0.2, -0.15) is 0 Å². The maximum Gasteiger partial charge on any atom is 0.414 e. The van der Waals surface area contributed by atoms with Crippen molar-refractivity contribution in [2.75, 3.05) is 44.2 Å². The quantitative estimate of drug-likeness (QED) is 0.462.